The van der Waals surface area contributed by atoms with E-state index in [1.807, 2.05) is 41.8 Å². The smallest absolute Gasteiger partial charge is 0.105 e. The molecule has 4 heteroatoms. The van der Waals surface area contributed by atoms with Crippen molar-refractivity contribution in [3.63, 3.8) is 0 Å². The van der Waals surface area contributed by atoms with Crippen molar-refractivity contribution >= 4 is 0 Å². The maximum absolute atomic E-state index is 4.27. The third-order valence-electron chi connectivity index (χ3n) is 3.68. The van der Waals surface area contributed by atoms with E-state index < -0.39 is 0 Å². The minimum atomic E-state index is 1.09. The van der Waals surface area contributed by atoms with Crippen molar-refractivity contribution in [1.82, 2.24) is 19.1 Å². The van der Waals surface area contributed by atoms with Crippen LogP contribution in [0.25, 0.3) is 0 Å². The summed E-state index contributed by atoms with van der Waals surface area (Å²) in [5, 5.41) is 0. The molecule has 100 valence electrons. The Morgan fingerprint density at radius 3 is 0.944 bits per heavy atom. The average molecular weight is 248 g/mol. The summed E-state index contributed by atoms with van der Waals surface area (Å²) < 4.78 is 4.19. The van der Waals surface area contributed by atoms with Gasteiger partial charge < -0.3 is 9.13 Å². The monoisotopic (exact) mass is 248 g/mol. The van der Waals surface area contributed by atoms with Crippen molar-refractivity contribution in [1.29, 1.82) is 0 Å². The minimum Gasteiger partial charge on any atom is -0.335 e. The Morgan fingerprint density at radius 1 is 0.611 bits per heavy atom. The van der Waals surface area contributed by atoms with Gasteiger partial charge in [-0.3, -0.25) is 0 Å². The number of hydrogen-bond acceptors (Lipinski definition) is 2. The number of rotatable bonds is 0. The fourth-order valence-electron chi connectivity index (χ4n) is 1.77. The number of imidazole rings is 2. The van der Waals surface area contributed by atoms with Gasteiger partial charge in [-0.2, -0.15) is 0 Å². The van der Waals surface area contributed by atoms with E-state index in [4.69, 9.17) is 0 Å². The Kier molecular flexibility index (Phi) is 4.33. The second-order valence-corrected chi connectivity index (χ2v) is 4.78. The van der Waals surface area contributed by atoms with Crippen LogP contribution in [0.4, 0.5) is 0 Å². The van der Waals surface area contributed by atoms with Crippen LogP contribution in [0.1, 0.15) is 34.4 Å². The topological polar surface area (TPSA) is 35.6 Å². The van der Waals surface area contributed by atoms with Gasteiger partial charge in [0.25, 0.3) is 0 Å². The molecule has 0 radical (unpaired) electrons. The zero-order valence-corrected chi connectivity index (χ0v) is 12.8. The lowest BCUT2D eigenvalue weighted by Gasteiger charge is -1.94. The minimum absolute atomic E-state index is 1.09. The summed E-state index contributed by atoms with van der Waals surface area (Å²) in [6.45, 7) is 12.2. The van der Waals surface area contributed by atoms with E-state index in [1.165, 1.54) is 11.4 Å². The third-order valence-corrected chi connectivity index (χ3v) is 3.68. The summed E-state index contributed by atoms with van der Waals surface area (Å²) in [4.78, 5) is 8.55. The first-order chi connectivity index (χ1) is 8.25. The fourth-order valence-corrected chi connectivity index (χ4v) is 1.77. The summed E-state index contributed by atoms with van der Waals surface area (Å²) in [5.74, 6) is 2.18. The standard InChI is InChI=1S/2C7H12N2/c2*1-5-6(2)9(4)7(3)8-5/h2*1-4H3. The van der Waals surface area contributed by atoms with Gasteiger partial charge in [0, 0.05) is 25.5 Å². The van der Waals surface area contributed by atoms with Gasteiger partial charge in [-0.05, 0) is 41.5 Å². The molecule has 18 heavy (non-hydrogen) atoms. The summed E-state index contributed by atoms with van der Waals surface area (Å²) in [6, 6.07) is 0. The van der Waals surface area contributed by atoms with Gasteiger partial charge in [-0.15, -0.1) is 0 Å². The highest BCUT2D eigenvalue weighted by atomic mass is 15.1. The van der Waals surface area contributed by atoms with Crippen molar-refractivity contribution in [2.24, 2.45) is 14.1 Å². The Bertz CT molecular complexity index is 451. The van der Waals surface area contributed by atoms with E-state index >= 15 is 0 Å². The largest absolute Gasteiger partial charge is 0.335 e. The highest BCUT2D eigenvalue weighted by molar-refractivity contribution is 5.12. The average Bonchev–Trinajstić information content (AvgIpc) is 2.66. The second kappa shape index (κ2) is 5.38. The van der Waals surface area contributed by atoms with Crippen molar-refractivity contribution in [3.05, 3.63) is 34.4 Å². The number of hydrogen-bond donors (Lipinski definition) is 0. The lowest BCUT2D eigenvalue weighted by molar-refractivity contribution is 0.827. The first-order valence-corrected chi connectivity index (χ1v) is 6.18. The lowest BCUT2D eigenvalue weighted by atomic mass is 10.4. The molecular formula is C14H24N4. The van der Waals surface area contributed by atoms with E-state index in [1.54, 1.807) is 0 Å². The molecule has 2 rings (SSSR count). The van der Waals surface area contributed by atoms with Gasteiger partial charge >= 0.3 is 0 Å². The van der Waals surface area contributed by atoms with Crippen LogP contribution in [0.5, 0.6) is 0 Å². The SMILES string of the molecule is Cc1nc(C)n(C)c1C.Cc1nc(C)n(C)c1C. The number of nitrogens with zero attached hydrogens (tertiary/aromatic N) is 4. The quantitative estimate of drug-likeness (QED) is 0.718. The highest BCUT2D eigenvalue weighted by Gasteiger charge is 2.01. The molecule has 0 saturated carbocycles. The molecular weight excluding hydrogens is 224 g/mol. The summed E-state index contributed by atoms with van der Waals surface area (Å²) >= 11 is 0. The zero-order valence-electron chi connectivity index (χ0n) is 12.8. The predicted molar refractivity (Wildman–Crippen MR) is 74.8 cm³/mol. The van der Waals surface area contributed by atoms with Crippen LogP contribution in [0.2, 0.25) is 0 Å². The van der Waals surface area contributed by atoms with E-state index in [2.05, 4.69) is 32.9 Å². The lowest BCUT2D eigenvalue weighted by Crippen LogP contribution is -1.92. The Hall–Kier alpha value is -1.58. The third kappa shape index (κ3) is 2.81. The molecule has 0 atom stereocenters. The maximum atomic E-state index is 4.27. The number of aromatic nitrogens is 4. The molecule has 0 spiro atoms. The number of aryl methyl sites for hydroxylation is 4. The van der Waals surface area contributed by atoms with Crippen LogP contribution in [-0.4, -0.2) is 19.1 Å². The van der Waals surface area contributed by atoms with Gasteiger partial charge in [-0.25, -0.2) is 9.97 Å². The first-order valence-electron chi connectivity index (χ1n) is 6.18. The van der Waals surface area contributed by atoms with Crippen molar-refractivity contribution in [3.8, 4) is 0 Å². The van der Waals surface area contributed by atoms with E-state index in [0.29, 0.717) is 0 Å². The van der Waals surface area contributed by atoms with Gasteiger partial charge in [0.1, 0.15) is 11.6 Å². The fraction of sp³-hybridized carbons (Fsp3) is 0.571. The van der Waals surface area contributed by atoms with E-state index in [0.717, 1.165) is 23.0 Å². The molecule has 0 bridgehead atoms. The predicted octanol–water partition coefficient (Wildman–Crippen LogP) is 2.69. The molecule has 0 N–H and O–H groups in total. The van der Waals surface area contributed by atoms with E-state index in [-0.39, 0.29) is 0 Å². The second-order valence-electron chi connectivity index (χ2n) is 4.78. The molecule has 0 aliphatic rings. The molecule has 0 aliphatic carbocycles. The molecule has 4 nitrogen and oxygen atoms in total. The molecule has 0 aliphatic heterocycles. The Balaban J connectivity index is 0.000000180. The van der Waals surface area contributed by atoms with Crippen LogP contribution >= 0.6 is 0 Å². The van der Waals surface area contributed by atoms with Gasteiger partial charge in [-0.1, -0.05) is 0 Å². The van der Waals surface area contributed by atoms with Crippen molar-refractivity contribution in [2.45, 2.75) is 41.5 Å². The van der Waals surface area contributed by atoms with Crippen LogP contribution in [0, 0.1) is 41.5 Å². The highest BCUT2D eigenvalue weighted by Crippen LogP contribution is 2.05. The Morgan fingerprint density at radius 2 is 0.889 bits per heavy atom. The van der Waals surface area contributed by atoms with Crippen LogP contribution in [-0.2, 0) is 14.1 Å². The van der Waals surface area contributed by atoms with E-state index in [9.17, 15) is 0 Å². The normalized spacial score (nSPS) is 10.2. The molecule has 0 unspecified atom stereocenters. The summed E-state index contributed by atoms with van der Waals surface area (Å²) in [6.07, 6.45) is 0. The van der Waals surface area contributed by atoms with Gasteiger partial charge in [0.2, 0.25) is 0 Å². The molecule has 2 heterocycles. The molecule has 2 aromatic heterocycles. The first kappa shape index (κ1) is 14.5. The Labute approximate surface area is 110 Å². The molecule has 0 amide bonds. The van der Waals surface area contributed by atoms with Crippen LogP contribution in [0.3, 0.4) is 0 Å². The summed E-state index contributed by atoms with van der Waals surface area (Å²) in [5.41, 5.74) is 4.78. The molecule has 0 fully saturated rings. The zero-order chi connectivity index (χ0) is 14.0. The molecule has 2 aromatic rings. The van der Waals surface area contributed by atoms with Crippen LogP contribution < -0.4 is 0 Å². The van der Waals surface area contributed by atoms with Crippen LogP contribution in [0.15, 0.2) is 0 Å². The maximum Gasteiger partial charge on any atom is 0.105 e. The summed E-state index contributed by atoms with van der Waals surface area (Å²) in [7, 11) is 4.06. The van der Waals surface area contributed by atoms with Gasteiger partial charge in [0.05, 0.1) is 11.4 Å². The molecule has 0 saturated heterocycles. The van der Waals surface area contributed by atoms with Crippen molar-refractivity contribution in [2.75, 3.05) is 0 Å². The van der Waals surface area contributed by atoms with Gasteiger partial charge in [0.15, 0.2) is 0 Å². The van der Waals surface area contributed by atoms with Crippen molar-refractivity contribution < 1.29 is 0 Å². The molecule has 0 aromatic carbocycles.